The number of aromatic nitrogens is 3. The highest BCUT2D eigenvalue weighted by molar-refractivity contribution is 7.22. The molecule has 0 saturated heterocycles. The molecule has 0 N–H and O–H groups in total. The molecule has 0 fully saturated rings. The van der Waals surface area contributed by atoms with E-state index in [1.54, 1.807) is 11.3 Å². The summed E-state index contributed by atoms with van der Waals surface area (Å²) in [7, 11) is 0. The molecule has 0 atom stereocenters. The van der Waals surface area contributed by atoms with Crippen LogP contribution in [0.25, 0.3) is 20.7 Å². The van der Waals surface area contributed by atoms with Crippen LogP contribution in [0.5, 0.6) is 11.5 Å². The van der Waals surface area contributed by atoms with Crippen molar-refractivity contribution in [3.63, 3.8) is 0 Å². The van der Waals surface area contributed by atoms with Gasteiger partial charge < -0.3 is 9.15 Å². The van der Waals surface area contributed by atoms with E-state index in [1.807, 2.05) is 30.5 Å². The van der Waals surface area contributed by atoms with E-state index in [-0.39, 0.29) is 45.0 Å². The van der Waals surface area contributed by atoms with Crippen LogP contribution in [0.4, 0.5) is 4.39 Å². The predicted octanol–water partition coefficient (Wildman–Crippen LogP) is 7.93. The van der Waals surface area contributed by atoms with Gasteiger partial charge in [-0.05, 0) is 42.6 Å². The maximum absolute atomic E-state index is 15.3. The van der Waals surface area contributed by atoms with Crippen LogP contribution in [0.15, 0.2) is 52.3 Å². The third-order valence-electron chi connectivity index (χ3n) is 4.88. The fraction of sp³-hybridized carbons (Fsp3) is 0.0833. The Labute approximate surface area is 217 Å². The van der Waals surface area contributed by atoms with Crippen LogP contribution in [0.1, 0.15) is 22.7 Å². The summed E-state index contributed by atoms with van der Waals surface area (Å²) < 4.78 is 26.8. The fourth-order valence-electron chi connectivity index (χ4n) is 3.29. The van der Waals surface area contributed by atoms with Gasteiger partial charge in [-0.1, -0.05) is 35.3 Å². The molecule has 5 rings (SSSR count). The van der Waals surface area contributed by atoms with E-state index in [0.29, 0.717) is 5.89 Å². The summed E-state index contributed by atoms with van der Waals surface area (Å²) in [5, 5.41) is 20.6. The normalized spacial score (nSPS) is 10.9. The van der Waals surface area contributed by atoms with Gasteiger partial charge in [-0.25, -0.2) is 9.37 Å². The van der Waals surface area contributed by atoms with Crippen LogP contribution in [-0.2, 0) is 6.42 Å². The van der Waals surface area contributed by atoms with Crippen LogP contribution in [0.2, 0.25) is 10.0 Å². The first kappa shape index (κ1) is 23.5. The van der Waals surface area contributed by atoms with E-state index in [9.17, 15) is 0 Å². The monoisotopic (exact) mass is 542 g/mol. The summed E-state index contributed by atoms with van der Waals surface area (Å²) in [4.78, 5) is 6.42. The number of thiazole rings is 1. The minimum absolute atomic E-state index is 0.0288. The molecule has 3 aromatic heterocycles. The summed E-state index contributed by atoms with van der Waals surface area (Å²) in [5.41, 5.74) is 1.31. The van der Waals surface area contributed by atoms with Crippen molar-refractivity contribution in [3.8, 4) is 38.2 Å². The number of halogens is 3. The van der Waals surface area contributed by atoms with E-state index < -0.39 is 5.82 Å². The lowest BCUT2D eigenvalue weighted by molar-refractivity contribution is 0.437. The standard InChI is InChI=1S/C24H13Cl2FN4O2S2/c1-12-22(35-24(29-12)18-3-2-6-34-18)23-31-30-19(33-23)9-14-4-5-17(26)21(20(14)27)32-16-8-13(11-28)7-15(25)10-16/h2-8,10H,9H2,1H3. The minimum Gasteiger partial charge on any atom is -0.453 e. The molecule has 0 unspecified atom stereocenters. The number of thiophene rings is 1. The van der Waals surface area contributed by atoms with Crippen molar-refractivity contribution < 1.29 is 13.5 Å². The Hall–Kier alpha value is -3.29. The van der Waals surface area contributed by atoms with Crippen LogP contribution in [-0.4, -0.2) is 15.2 Å². The van der Waals surface area contributed by atoms with Crippen molar-refractivity contribution >= 4 is 45.9 Å². The van der Waals surface area contributed by atoms with E-state index in [2.05, 4.69) is 15.2 Å². The lowest BCUT2D eigenvalue weighted by Gasteiger charge is -2.11. The Morgan fingerprint density at radius 3 is 2.80 bits per heavy atom. The van der Waals surface area contributed by atoms with Gasteiger partial charge in [0.25, 0.3) is 5.89 Å². The van der Waals surface area contributed by atoms with Crippen molar-refractivity contribution in [2.24, 2.45) is 0 Å². The van der Waals surface area contributed by atoms with E-state index in [0.717, 1.165) is 20.5 Å². The van der Waals surface area contributed by atoms with E-state index in [4.69, 9.17) is 37.6 Å². The van der Waals surface area contributed by atoms with Gasteiger partial charge in [0.15, 0.2) is 11.6 Å². The Balaban J connectivity index is 1.40. The molecular weight excluding hydrogens is 530 g/mol. The summed E-state index contributed by atoms with van der Waals surface area (Å²) in [6.45, 7) is 1.88. The topological polar surface area (TPSA) is 84.8 Å². The van der Waals surface area contributed by atoms with Crippen molar-refractivity contribution in [1.29, 1.82) is 5.26 Å². The molecule has 35 heavy (non-hydrogen) atoms. The number of hydrogen-bond donors (Lipinski definition) is 0. The number of nitrogens with zero attached hydrogens (tertiary/aromatic N) is 4. The highest BCUT2D eigenvalue weighted by Gasteiger charge is 2.20. The fourth-order valence-corrected chi connectivity index (χ4v) is 5.48. The van der Waals surface area contributed by atoms with Gasteiger partial charge in [-0.2, -0.15) is 5.26 Å². The maximum Gasteiger partial charge on any atom is 0.259 e. The molecule has 0 aliphatic heterocycles. The van der Waals surface area contributed by atoms with Crippen molar-refractivity contribution in [2.75, 3.05) is 0 Å². The van der Waals surface area contributed by atoms with Crippen LogP contribution in [0, 0.1) is 24.1 Å². The first-order valence-electron chi connectivity index (χ1n) is 10.1. The maximum atomic E-state index is 15.3. The Kier molecular flexibility index (Phi) is 6.54. The zero-order chi connectivity index (χ0) is 24.5. The number of aryl methyl sites for hydroxylation is 1. The Bertz CT molecular complexity index is 1580. The van der Waals surface area contributed by atoms with Gasteiger partial charge in [-0.15, -0.1) is 32.9 Å². The molecular formula is C24H13Cl2FN4O2S2. The van der Waals surface area contributed by atoms with Crippen molar-refractivity contribution in [3.05, 3.63) is 86.4 Å². The van der Waals surface area contributed by atoms with Crippen molar-refractivity contribution in [2.45, 2.75) is 13.3 Å². The third-order valence-corrected chi connectivity index (χ3v) is 7.58. The molecule has 0 spiro atoms. The first-order chi connectivity index (χ1) is 16.9. The quantitative estimate of drug-likeness (QED) is 0.216. The van der Waals surface area contributed by atoms with Gasteiger partial charge in [0.1, 0.15) is 15.6 Å². The average Bonchev–Trinajstić information content (AvgIpc) is 3.59. The molecule has 11 heteroatoms. The van der Waals surface area contributed by atoms with Gasteiger partial charge in [0.05, 0.1) is 33.6 Å². The SMILES string of the molecule is Cc1nc(-c2cccs2)sc1-c1nnc(Cc2ccc(Cl)c(Oc3cc(Cl)cc(C#N)c3)c2F)o1. The molecule has 6 nitrogen and oxygen atoms in total. The second kappa shape index (κ2) is 9.76. The molecule has 0 amide bonds. The van der Waals surface area contributed by atoms with Gasteiger partial charge in [0, 0.05) is 10.6 Å². The van der Waals surface area contributed by atoms with Crippen LogP contribution in [0.3, 0.4) is 0 Å². The number of benzene rings is 2. The van der Waals surface area contributed by atoms with Gasteiger partial charge >= 0.3 is 0 Å². The van der Waals surface area contributed by atoms with Gasteiger partial charge in [0.2, 0.25) is 5.89 Å². The predicted molar refractivity (Wildman–Crippen MR) is 134 cm³/mol. The lowest BCUT2D eigenvalue weighted by atomic mass is 10.1. The highest BCUT2D eigenvalue weighted by atomic mass is 35.5. The zero-order valence-corrected chi connectivity index (χ0v) is 21.0. The molecule has 174 valence electrons. The second-order valence-corrected chi connectivity index (χ2v) is 10.1. The molecule has 5 aromatic rings. The van der Waals surface area contributed by atoms with E-state index in [1.165, 1.54) is 41.7 Å². The molecule has 0 saturated carbocycles. The van der Waals surface area contributed by atoms with Crippen molar-refractivity contribution in [1.82, 2.24) is 15.2 Å². The van der Waals surface area contributed by atoms with Crippen LogP contribution < -0.4 is 4.74 Å². The summed E-state index contributed by atoms with van der Waals surface area (Å²) in [5.74, 6) is -0.119. The molecule has 0 bridgehead atoms. The Morgan fingerprint density at radius 2 is 2.03 bits per heavy atom. The summed E-state index contributed by atoms with van der Waals surface area (Å²) in [6, 6.07) is 13.4. The summed E-state index contributed by atoms with van der Waals surface area (Å²) in [6.07, 6.45) is 0.0288. The third kappa shape index (κ3) is 4.92. The molecule has 0 radical (unpaired) electrons. The Morgan fingerprint density at radius 1 is 1.17 bits per heavy atom. The molecule has 3 heterocycles. The average molecular weight is 543 g/mol. The number of ether oxygens (including phenoxy) is 1. The number of rotatable bonds is 6. The molecule has 0 aliphatic rings. The van der Waals surface area contributed by atoms with Crippen LogP contribution >= 0.6 is 45.9 Å². The smallest absolute Gasteiger partial charge is 0.259 e. The largest absolute Gasteiger partial charge is 0.453 e. The second-order valence-electron chi connectivity index (χ2n) is 7.33. The molecule has 0 aliphatic carbocycles. The number of hydrogen-bond acceptors (Lipinski definition) is 8. The first-order valence-corrected chi connectivity index (χ1v) is 12.6. The summed E-state index contributed by atoms with van der Waals surface area (Å²) >= 11 is 15.3. The zero-order valence-electron chi connectivity index (χ0n) is 17.9. The van der Waals surface area contributed by atoms with Gasteiger partial charge in [-0.3, -0.25) is 0 Å². The molecule has 2 aromatic carbocycles. The highest BCUT2D eigenvalue weighted by Crippen LogP contribution is 2.38. The minimum atomic E-state index is -0.676. The number of nitriles is 1. The lowest BCUT2D eigenvalue weighted by Crippen LogP contribution is -1.98. The van der Waals surface area contributed by atoms with E-state index >= 15 is 4.39 Å².